The Morgan fingerprint density at radius 1 is 1.14 bits per heavy atom. The summed E-state index contributed by atoms with van der Waals surface area (Å²) in [4.78, 5) is 16.8. The van der Waals surface area contributed by atoms with Crippen molar-refractivity contribution in [3.05, 3.63) is 59.7 Å². The average Bonchev–Trinajstić information content (AvgIpc) is 2.83. The van der Waals surface area contributed by atoms with Gasteiger partial charge in [0.05, 0.1) is 17.6 Å². The lowest BCUT2D eigenvalue weighted by Gasteiger charge is -2.08. The zero-order valence-corrected chi connectivity index (χ0v) is 12.8. The number of hydrogen-bond acceptors (Lipinski definition) is 3. The Labute approximate surface area is 129 Å². The van der Waals surface area contributed by atoms with E-state index < -0.39 is 0 Å². The van der Waals surface area contributed by atoms with E-state index in [-0.39, 0.29) is 12.3 Å². The summed E-state index contributed by atoms with van der Waals surface area (Å²) in [5.41, 5.74) is 9.56. The molecule has 0 bridgehead atoms. The Kier molecular flexibility index (Phi) is 3.67. The van der Waals surface area contributed by atoms with Crippen molar-refractivity contribution in [3.63, 3.8) is 0 Å². The maximum Gasteiger partial charge on any atom is 0.201 e. The minimum Gasteiger partial charge on any atom is -0.369 e. The molecule has 0 spiro atoms. The quantitative estimate of drug-likeness (QED) is 0.747. The Morgan fingerprint density at radius 3 is 2.50 bits per heavy atom. The van der Waals surface area contributed by atoms with Crippen LogP contribution in [-0.4, -0.2) is 15.3 Å². The van der Waals surface area contributed by atoms with E-state index in [0.717, 1.165) is 11.0 Å². The van der Waals surface area contributed by atoms with Gasteiger partial charge < -0.3 is 10.3 Å². The van der Waals surface area contributed by atoms with Gasteiger partial charge >= 0.3 is 0 Å². The second-order valence-corrected chi connectivity index (χ2v) is 5.74. The Morgan fingerprint density at radius 2 is 1.82 bits per heavy atom. The largest absolute Gasteiger partial charge is 0.369 e. The number of benzene rings is 2. The summed E-state index contributed by atoms with van der Waals surface area (Å²) >= 11 is 0. The van der Waals surface area contributed by atoms with Gasteiger partial charge in [-0.15, -0.1) is 0 Å². The number of hydrogen-bond donors (Lipinski definition) is 1. The molecule has 0 aliphatic carbocycles. The molecule has 22 heavy (non-hydrogen) atoms. The van der Waals surface area contributed by atoms with Gasteiger partial charge in [-0.05, 0) is 23.6 Å². The normalized spacial score (nSPS) is 11.2. The summed E-state index contributed by atoms with van der Waals surface area (Å²) in [6.07, 6.45) is 0. The number of nitrogen functional groups attached to an aromatic ring is 1. The molecule has 112 valence electrons. The molecular formula is C18H19N3O. The van der Waals surface area contributed by atoms with Gasteiger partial charge in [-0.3, -0.25) is 4.79 Å². The van der Waals surface area contributed by atoms with Crippen LogP contribution in [0, 0.1) is 0 Å². The second kappa shape index (κ2) is 5.64. The van der Waals surface area contributed by atoms with Crippen LogP contribution in [-0.2, 0) is 6.54 Å². The number of aromatic nitrogens is 2. The molecule has 0 radical (unpaired) electrons. The first-order valence-corrected chi connectivity index (χ1v) is 7.40. The van der Waals surface area contributed by atoms with E-state index in [2.05, 4.69) is 18.8 Å². The predicted molar refractivity (Wildman–Crippen MR) is 89.0 cm³/mol. The highest BCUT2D eigenvalue weighted by atomic mass is 16.1. The summed E-state index contributed by atoms with van der Waals surface area (Å²) in [5, 5.41) is 0. The van der Waals surface area contributed by atoms with E-state index >= 15 is 0 Å². The standard InChI is InChI=1S/C18H19N3O/c1-12(2)13-7-9-14(10-8-13)17(22)11-21-16-6-4-3-5-15(16)20-18(21)19/h3-10,12H,11H2,1-2H3,(H2,19,20). The average molecular weight is 293 g/mol. The lowest BCUT2D eigenvalue weighted by atomic mass is 10.0. The number of rotatable bonds is 4. The molecule has 0 saturated carbocycles. The molecule has 2 N–H and O–H groups in total. The van der Waals surface area contributed by atoms with Crippen LogP contribution in [0.25, 0.3) is 11.0 Å². The third kappa shape index (κ3) is 2.60. The van der Waals surface area contributed by atoms with Crippen molar-refractivity contribution in [1.29, 1.82) is 0 Å². The molecule has 0 amide bonds. The molecule has 1 heterocycles. The molecule has 0 unspecified atom stereocenters. The summed E-state index contributed by atoms with van der Waals surface area (Å²) in [6, 6.07) is 15.4. The summed E-state index contributed by atoms with van der Waals surface area (Å²) in [5.74, 6) is 0.857. The lowest BCUT2D eigenvalue weighted by molar-refractivity contribution is 0.0974. The smallest absolute Gasteiger partial charge is 0.201 e. The zero-order chi connectivity index (χ0) is 15.7. The number of nitrogens with two attached hydrogens (primary N) is 1. The number of ketones is 1. The van der Waals surface area contributed by atoms with Gasteiger partial charge in [0.25, 0.3) is 0 Å². The molecule has 0 aliphatic heterocycles. The van der Waals surface area contributed by atoms with Crippen molar-refractivity contribution >= 4 is 22.8 Å². The molecule has 3 aromatic rings. The Hall–Kier alpha value is -2.62. The first-order chi connectivity index (χ1) is 10.6. The molecule has 2 aromatic carbocycles. The van der Waals surface area contributed by atoms with Crippen LogP contribution in [0.3, 0.4) is 0 Å². The fourth-order valence-corrected chi connectivity index (χ4v) is 2.55. The molecule has 0 atom stereocenters. The van der Waals surface area contributed by atoms with Crippen LogP contribution in [0.2, 0.25) is 0 Å². The van der Waals surface area contributed by atoms with Gasteiger partial charge in [0.2, 0.25) is 5.95 Å². The minimum absolute atomic E-state index is 0.0326. The second-order valence-electron chi connectivity index (χ2n) is 5.74. The molecule has 4 nitrogen and oxygen atoms in total. The first kappa shape index (κ1) is 14.3. The van der Waals surface area contributed by atoms with Gasteiger partial charge in [0.15, 0.2) is 5.78 Å². The van der Waals surface area contributed by atoms with Crippen LogP contribution in [0.5, 0.6) is 0 Å². The van der Waals surface area contributed by atoms with Crippen molar-refractivity contribution in [2.24, 2.45) is 0 Å². The molecule has 0 aliphatic rings. The van der Waals surface area contributed by atoms with Crippen LogP contribution in [0.4, 0.5) is 5.95 Å². The highest BCUT2D eigenvalue weighted by Crippen LogP contribution is 2.19. The van der Waals surface area contributed by atoms with E-state index in [4.69, 9.17) is 5.73 Å². The highest BCUT2D eigenvalue weighted by molar-refractivity contribution is 5.97. The van der Waals surface area contributed by atoms with Gasteiger partial charge in [-0.1, -0.05) is 50.2 Å². The fourth-order valence-electron chi connectivity index (χ4n) is 2.55. The molecule has 1 aromatic heterocycles. The van der Waals surface area contributed by atoms with Crippen molar-refractivity contribution in [3.8, 4) is 0 Å². The summed E-state index contributed by atoms with van der Waals surface area (Å²) in [7, 11) is 0. The van der Waals surface area contributed by atoms with Crippen LogP contribution in [0.15, 0.2) is 48.5 Å². The highest BCUT2D eigenvalue weighted by Gasteiger charge is 2.13. The number of fused-ring (bicyclic) bond motifs is 1. The third-order valence-electron chi connectivity index (χ3n) is 3.89. The Bertz CT molecular complexity index is 816. The molecule has 4 heteroatoms. The first-order valence-electron chi connectivity index (χ1n) is 7.40. The van der Waals surface area contributed by atoms with Crippen molar-refractivity contribution in [1.82, 2.24) is 9.55 Å². The predicted octanol–water partition coefficient (Wildman–Crippen LogP) is 3.62. The van der Waals surface area contributed by atoms with Crippen LogP contribution in [0.1, 0.15) is 35.7 Å². The van der Waals surface area contributed by atoms with Crippen molar-refractivity contribution in [2.45, 2.75) is 26.3 Å². The SMILES string of the molecule is CC(C)c1ccc(C(=O)Cn2c(N)nc3ccccc32)cc1. The van der Waals surface area contributed by atoms with E-state index in [0.29, 0.717) is 17.4 Å². The number of imidazole rings is 1. The lowest BCUT2D eigenvalue weighted by Crippen LogP contribution is -2.12. The van der Waals surface area contributed by atoms with E-state index in [1.54, 1.807) is 4.57 Å². The van der Waals surface area contributed by atoms with Gasteiger partial charge in [0.1, 0.15) is 0 Å². The maximum absolute atomic E-state index is 12.5. The van der Waals surface area contributed by atoms with Crippen molar-refractivity contribution in [2.75, 3.05) is 5.73 Å². The van der Waals surface area contributed by atoms with Crippen molar-refractivity contribution < 1.29 is 4.79 Å². The Balaban J connectivity index is 1.88. The van der Waals surface area contributed by atoms with Gasteiger partial charge in [0, 0.05) is 5.56 Å². The molecule has 0 fully saturated rings. The number of carbonyl (C=O) groups excluding carboxylic acids is 1. The number of Topliss-reactive ketones (excluding diaryl/α,β-unsaturated/α-hetero) is 1. The van der Waals surface area contributed by atoms with E-state index in [1.165, 1.54) is 5.56 Å². The number of para-hydroxylation sites is 2. The topological polar surface area (TPSA) is 60.9 Å². The van der Waals surface area contributed by atoms with Crippen LogP contribution >= 0.6 is 0 Å². The number of anilines is 1. The molecule has 0 saturated heterocycles. The van der Waals surface area contributed by atoms with Crippen LogP contribution < -0.4 is 5.73 Å². The minimum atomic E-state index is 0.0326. The van der Waals surface area contributed by atoms with Gasteiger partial charge in [-0.25, -0.2) is 4.98 Å². The molecule has 3 rings (SSSR count). The zero-order valence-electron chi connectivity index (χ0n) is 12.8. The number of carbonyl (C=O) groups is 1. The summed E-state index contributed by atoms with van der Waals surface area (Å²) < 4.78 is 1.76. The number of nitrogens with zero attached hydrogens (tertiary/aromatic N) is 2. The molecular weight excluding hydrogens is 274 g/mol. The monoisotopic (exact) mass is 293 g/mol. The van der Waals surface area contributed by atoms with Gasteiger partial charge in [-0.2, -0.15) is 0 Å². The fraction of sp³-hybridized carbons (Fsp3) is 0.222. The maximum atomic E-state index is 12.5. The summed E-state index contributed by atoms with van der Waals surface area (Å²) in [6.45, 7) is 4.47. The third-order valence-corrected chi connectivity index (χ3v) is 3.89. The van der Waals surface area contributed by atoms with E-state index in [9.17, 15) is 4.79 Å². The van der Waals surface area contributed by atoms with E-state index in [1.807, 2.05) is 48.5 Å².